The molecule has 190 valence electrons. The van der Waals surface area contributed by atoms with Gasteiger partial charge >= 0.3 is 14.2 Å². The summed E-state index contributed by atoms with van der Waals surface area (Å²) in [5.74, 6) is 0.834. The standard InChI is InChI=1S/C26H44B2O6/c1-3-5-7-8-9-11-16-30-26-22-24(27-31-17-18-32-27)23(13-10-12-15-29-14-6-4-2)21-25(26)28-33-19-20-34-28/h21-22H,3-20H2,1-2H3. The van der Waals surface area contributed by atoms with Gasteiger partial charge in [0.1, 0.15) is 5.75 Å². The van der Waals surface area contributed by atoms with E-state index in [1.807, 2.05) is 0 Å². The van der Waals surface area contributed by atoms with Gasteiger partial charge in [0.05, 0.1) is 33.0 Å². The molecule has 0 aliphatic carbocycles. The molecule has 0 radical (unpaired) electrons. The molecule has 3 rings (SSSR count). The molecule has 0 unspecified atom stereocenters. The highest BCUT2D eigenvalue weighted by molar-refractivity contribution is 6.65. The van der Waals surface area contributed by atoms with Crippen LogP contribution >= 0.6 is 0 Å². The molecule has 0 aromatic heterocycles. The fourth-order valence-corrected chi connectivity index (χ4v) is 4.41. The molecule has 2 aliphatic rings. The molecule has 2 saturated heterocycles. The molecule has 0 bridgehead atoms. The maximum Gasteiger partial charge on any atom is 0.497 e. The van der Waals surface area contributed by atoms with Crippen molar-refractivity contribution in [3.05, 3.63) is 17.7 Å². The van der Waals surface area contributed by atoms with Gasteiger partial charge in [-0.15, -0.1) is 0 Å². The van der Waals surface area contributed by atoms with Gasteiger partial charge in [0.15, 0.2) is 0 Å². The Balaban J connectivity index is 1.65. The van der Waals surface area contributed by atoms with Gasteiger partial charge in [0.25, 0.3) is 0 Å². The van der Waals surface area contributed by atoms with Crippen molar-refractivity contribution in [1.29, 1.82) is 0 Å². The van der Waals surface area contributed by atoms with Crippen molar-refractivity contribution in [2.75, 3.05) is 46.2 Å². The topological polar surface area (TPSA) is 55.4 Å². The molecule has 6 nitrogen and oxygen atoms in total. The van der Waals surface area contributed by atoms with E-state index in [2.05, 4.69) is 26.0 Å². The number of aryl methyl sites for hydroxylation is 1. The van der Waals surface area contributed by atoms with Crippen LogP contribution in [0.1, 0.15) is 83.6 Å². The Labute approximate surface area is 207 Å². The second-order valence-corrected chi connectivity index (χ2v) is 9.28. The van der Waals surface area contributed by atoms with E-state index in [-0.39, 0.29) is 14.2 Å². The molecule has 2 fully saturated rings. The molecular formula is C26H44B2O6. The summed E-state index contributed by atoms with van der Waals surface area (Å²) in [4.78, 5) is 0. The summed E-state index contributed by atoms with van der Waals surface area (Å²) in [6, 6.07) is 4.31. The van der Waals surface area contributed by atoms with Crippen LogP contribution in [0.4, 0.5) is 0 Å². The first-order valence-electron chi connectivity index (χ1n) is 13.7. The highest BCUT2D eigenvalue weighted by atomic mass is 16.6. The number of hydrogen-bond donors (Lipinski definition) is 0. The van der Waals surface area contributed by atoms with E-state index in [0.29, 0.717) is 33.0 Å². The van der Waals surface area contributed by atoms with E-state index >= 15 is 0 Å². The highest BCUT2D eigenvalue weighted by Crippen LogP contribution is 2.18. The van der Waals surface area contributed by atoms with Gasteiger partial charge < -0.3 is 28.1 Å². The zero-order chi connectivity index (χ0) is 23.8. The van der Waals surface area contributed by atoms with Crippen molar-refractivity contribution in [2.24, 2.45) is 0 Å². The van der Waals surface area contributed by atoms with Gasteiger partial charge in [0.2, 0.25) is 0 Å². The molecule has 0 atom stereocenters. The number of unbranched alkanes of at least 4 members (excludes halogenated alkanes) is 7. The second kappa shape index (κ2) is 16.6. The van der Waals surface area contributed by atoms with E-state index in [4.69, 9.17) is 28.1 Å². The summed E-state index contributed by atoms with van der Waals surface area (Å²) in [5.41, 5.74) is 3.28. The fourth-order valence-electron chi connectivity index (χ4n) is 4.41. The molecule has 2 heterocycles. The molecule has 0 N–H and O–H groups in total. The molecule has 0 spiro atoms. The first-order chi connectivity index (χ1) is 16.8. The van der Waals surface area contributed by atoms with Crippen LogP contribution < -0.4 is 15.7 Å². The van der Waals surface area contributed by atoms with E-state index in [1.54, 1.807) is 0 Å². The quantitative estimate of drug-likeness (QED) is 0.237. The van der Waals surface area contributed by atoms with Crippen LogP contribution in [-0.4, -0.2) is 60.5 Å². The Morgan fingerprint density at radius 3 is 1.94 bits per heavy atom. The second-order valence-electron chi connectivity index (χ2n) is 9.28. The Morgan fingerprint density at radius 2 is 1.24 bits per heavy atom. The number of ether oxygens (including phenoxy) is 2. The summed E-state index contributed by atoms with van der Waals surface area (Å²) in [5, 5.41) is 0. The lowest BCUT2D eigenvalue weighted by molar-refractivity contribution is 0.127. The molecule has 1 aromatic carbocycles. The van der Waals surface area contributed by atoms with Gasteiger partial charge in [-0.2, -0.15) is 0 Å². The van der Waals surface area contributed by atoms with Crippen LogP contribution in [0.2, 0.25) is 0 Å². The third-order valence-corrected chi connectivity index (χ3v) is 6.41. The van der Waals surface area contributed by atoms with Crippen molar-refractivity contribution in [3.63, 3.8) is 0 Å². The zero-order valence-electron chi connectivity index (χ0n) is 21.5. The first-order valence-corrected chi connectivity index (χ1v) is 13.7. The third-order valence-electron chi connectivity index (χ3n) is 6.41. The molecule has 8 heteroatoms. The van der Waals surface area contributed by atoms with E-state index in [1.165, 1.54) is 44.1 Å². The average Bonchev–Trinajstić information content (AvgIpc) is 3.58. The molecular weight excluding hydrogens is 430 g/mol. The van der Waals surface area contributed by atoms with Crippen molar-refractivity contribution in [1.82, 2.24) is 0 Å². The third kappa shape index (κ3) is 9.19. The summed E-state index contributed by atoms with van der Waals surface area (Å²) in [6.45, 7) is 9.28. The maximum atomic E-state index is 6.30. The van der Waals surface area contributed by atoms with E-state index < -0.39 is 0 Å². The van der Waals surface area contributed by atoms with Crippen molar-refractivity contribution in [2.45, 2.75) is 84.5 Å². The van der Waals surface area contributed by atoms with Crippen LogP contribution in [0.5, 0.6) is 5.75 Å². The predicted molar refractivity (Wildman–Crippen MR) is 139 cm³/mol. The predicted octanol–water partition coefficient (Wildman–Crippen LogP) is 4.05. The smallest absolute Gasteiger partial charge is 0.494 e. The lowest BCUT2D eigenvalue weighted by Gasteiger charge is -2.19. The Bertz CT molecular complexity index is 620. The van der Waals surface area contributed by atoms with Crippen molar-refractivity contribution < 1.29 is 28.1 Å². The van der Waals surface area contributed by atoms with Gasteiger partial charge in [-0.1, -0.05) is 58.4 Å². The van der Waals surface area contributed by atoms with Crippen molar-refractivity contribution in [3.8, 4) is 5.75 Å². The molecule has 1 aromatic rings. The number of hydrogen-bond acceptors (Lipinski definition) is 6. The number of rotatable bonds is 18. The van der Waals surface area contributed by atoms with Gasteiger partial charge in [-0.05, 0) is 49.2 Å². The van der Waals surface area contributed by atoms with Gasteiger partial charge in [-0.25, -0.2) is 0 Å². The minimum Gasteiger partial charge on any atom is -0.494 e. The molecule has 0 amide bonds. The fraction of sp³-hybridized carbons (Fsp3) is 0.769. The zero-order valence-corrected chi connectivity index (χ0v) is 21.5. The molecule has 2 aliphatic heterocycles. The normalized spacial score (nSPS) is 16.1. The van der Waals surface area contributed by atoms with E-state index in [0.717, 1.165) is 62.0 Å². The molecule has 0 saturated carbocycles. The summed E-state index contributed by atoms with van der Waals surface area (Å²) in [6.07, 6.45) is 12.8. The van der Waals surface area contributed by atoms with Crippen LogP contribution in [0.15, 0.2) is 12.1 Å². The average molecular weight is 474 g/mol. The Morgan fingerprint density at radius 1 is 0.647 bits per heavy atom. The largest absolute Gasteiger partial charge is 0.497 e. The summed E-state index contributed by atoms with van der Waals surface area (Å²) in [7, 11) is -0.693. The highest BCUT2D eigenvalue weighted by Gasteiger charge is 2.34. The van der Waals surface area contributed by atoms with Crippen LogP contribution in [0.25, 0.3) is 0 Å². The minimum absolute atomic E-state index is 0.327. The van der Waals surface area contributed by atoms with Gasteiger partial charge in [-0.3, -0.25) is 0 Å². The van der Waals surface area contributed by atoms with Crippen LogP contribution in [0, 0.1) is 0 Å². The Hall–Kier alpha value is -1.05. The minimum atomic E-state index is -0.366. The van der Waals surface area contributed by atoms with Crippen molar-refractivity contribution >= 4 is 25.2 Å². The monoisotopic (exact) mass is 474 g/mol. The Kier molecular flexibility index (Phi) is 13.4. The lowest BCUT2D eigenvalue weighted by atomic mass is 9.70. The maximum absolute atomic E-state index is 6.30. The lowest BCUT2D eigenvalue weighted by Crippen LogP contribution is -2.40. The first kappa shape index (κ1) is 27.5. The van der Waals surface area contributed by atoms with Crippen LogP contribution in [-0.2, 0) is 29.8 Å². The van der Waals surface area contributed by atoms with E-state index in [9.17, 15) is 0 Å². The summed E-state index contributed by atoms with van der Waals surface area (Å²) >= 11 is 0. The van der Waals surface area contributed by atoms with Crippen LogP contribution in [0.3, 0.4) is 0 Å². The number of benzene rings is 1. The van der Waals surface area contributed by atoms with Gasteiger partial charge in [0, 0.05) is 18.7 Å². The summed E-state index contributed by atoms with van der Waals surface area (Å²) < 4.78 is 35.6. The SMILES string of the molecule is CCCCCCCCOc1cc(B2OCCO2)c(CCCCOCCCC)cc1B1OCCO1. The molecule has 34 heavy (non-hydrogen) atoms.